The fraction of sp³-hybridized carbons (Fsp3) is 0.359. The number of nitrogens with one attached hydrogen (secondary N) is 1. The second kappa shape index (κ2) is 12.6. The van der Waals surface area contributed by atoms with Crippen LogP contribution in [0.1, 0.15) is 70.4 Å². The minimum absolute atomic E-state index is 0.0661. The number of halogens is 1. The van der Waals surface area contributed by atoms with Crippen LogP contribution in [0.4, 0.5) is 5.69 Å². The van der Waals surface area contributed by atoms with Gasteiger partial charge in [0.1, 0.15) is 5.75 Å². The van der Waals surface area contributed by atoms with Crippen molar-refractivity contribution in [1.29, 1.82) is 0 Å². The van der Waals surface area contributed by atoms with Gasteiger partial charge in [-0.2, -0.15) is 0 Å². The molecule has 7 heteroatoms. The Bertz CT molecular complexity index is 1700. The Morgan fingerprint density at radius 1 is 0.804 bits per heavy atom. The number of para-hydroxylation sites is 2. The molecule has 46 heavy (non-hydrogen) atoms. The van der Waals surface area contributed by atoms with E-state index in [0.29, 0.717) is 47.0 Å². The van der Waals surface area contributed by atoms with Crippen molar-refractivity contribution >= 4 is 34.8 Å². The minimum Gasteiger partial charge on any atom is -0.483 e. The Balaban J connectivity index is 1.42. The van der Waals surface area contributed by atoms with Crippen molar-refractivity contribution in [2.24, 2.45) is 10.8 Å². The molecule has 0 fully saturated rings. The first-order chi connectivity index (χ1) is 21.9. The lowest BCUT2D eigenvalue weighted by Gasteiger charge is -2.49. The van der Waals surface area contributed by atoms with E-state index in [1.807, 2.05) is 42.5 Å². The number of ketones is 2. The monoisotopic (exact) mass is 636 g/mol. The molecule has 1 amide bonds. The zero-order valence-electron chi connectivity index (χ0n) is 27.0. The van der Waals surface area contributed by atoms with Crippen molar-refractivity contribution in [3.8, 4) is 5.75 Å². The number of carbonyl (C=O) groups is 3. The quantitative estimate of drug-likeness (QED) is 0.269. The van der Waals surface area contributed by atoms with Crippen LogP contribution in [0.25, 0.3) is 0 Å². The van der Waals surface area contributed by atoms with Crippen LogP contribution in [0.5, 0.6) is 5.75 Å². The summed E-state index contributed by atoms with van der Waals surface area (Å²) in [6, 6.07) is 24.9. The van der Waals surface area contributed by atoms with Gasteiger partial charge in [0, 0.05) is 53.4 Å². The van der Waals surface area contributed by atoms with Crippen molar-refractivity contribution < 1.29 is 19.1 Å². The third kappa shape index (κ3) is 6.54. The predicted molar refractivity (Wildman–Crippen MR) is 182 cm³/mol. The minimum atomic E-state index is -0.562. The number of hydrogen-bond donors (Lipinski definition) is 1. The van der Waals surface area contributed by atoms with Gasteiger partial charge >= 0.3 is 0 Å². The molecule has 0 unspecified atom stereocenters. The van der Waals surface area contributed by atoms with Gasteiger partial charge in [-0.05, 0) is 53.9 Å². The van der Waals surface area contributed by atoms with E-state index in [0.717, 1.165) is 36.2 Å². The molecule has 0 bridgehead atoms. The molecule has 3 aromatic rings. The van der Waals surface area contributed by atoms with E-state index in [1.165, 1.54) is 5.56 Å². The maximum Gasteiger partial charge on any atom is 0.262 e. The van der Waals surface area contributed by atoms with Crippen molar-refractivity contribution in [2.45, 2.75) is 65.7 Å². The average molecular weight is 637 g/mol. The summed E-state index contributed by atoms with van der Waals surface area (Å²) in [5.41, 5.74) is 5.42. The van der Waals surface area contributed by atoms with Crippen LogP contribution < -0.4 is 10.1 Å². The summed E-state index contributed by atoms with van der Waals surface area (Å²) in [6.45, 7) is 9.02. The van der Waals surface area contributed by atoms with Gasteiger partial charge in [0.15, 0.2) is 18.2 Å². The maximum absolute atomic E-state index is 14.2. The molecule has 0 saturated carbocycles. The summed E-state index contributed by atoms with van der Waals surface area (Å²) in [6.07, 6.45) is 3.06. The van der Waals surface area contributed by atoms with Crippen LogP contribution in [0.15, 0.2) is 101 Å². The molecular formula is C39H41ClN2O4. The number of rotatable bonds is 8. The summed E-state index contributed by atoms with van der Waals surface area (Å²) < 4.78 is 6.17. The number of ether oxygens (including phenoxy) is 1. The van der Waals surface area contributed by atoms with E-state index in [2.05, 4.69) is 50.0 Å². The smallest absolute Gasteiger partial charge is 0.262 e. The second-order valence-electron chi connectivity index (χ2n) is 14.3. The highest BCUT2D eigenvalue weighted by Gasteiger charge is 2.49. The average Bonchev–Trinajstić information content (AvgIpc) is 2.99. The molecule has 238 valence electrons. The maximum atomic E-state index is 14.2. The third-order valence-electron chi connectivity index (χ3n) is 9.23. The standard InChI is InChI=1S/C39H41ClN2O4/c1-38(2)20-29-36(31(43)22-38)35(26-14-8-11-17-33(26)46-24-34(45)41-28-16-10-9-15-27(28)40)37-30(21-39(3,4)23-32(37)44)42(29)19-18-25-12-6-5-7-13-25/h5-17,35H,18-24H2,1-4H3,(H,41,45). The highest BCUT2D eigenvalue weighted by atomic mass is 35.5. The van der Waals surface area contributed by atoms with Gasteiger partial charge in [0.2, 0.25) is 0 Å². The first-order valence-electron chi connectivity index (χ1n) is 16.0. The van der Waals surface area contributed by atoms with Gasteiger partial charge in [-0.3, -0.25) is 14.4 Å². The Morgan fingerprint density at radius 3 is 2.00 bits per heavy atom. The molecular weight excluding hydrogens is 596 g/mol. The number of anilines is 1. The molecule has 0 spiro atoms. The molecule has 0 aromatic heterocycles. The van der Waals surface area contributed by atoms with E-state index in [-0.39, 0.29) is 34.9 Å². The highest BCUT2D eigenvalue weighted by Crippen LogP contribution is 2.55. The molecule has 0 saturated heterocycles. The zero-order chi connectivity index (χ0) is 32.6. The Morgan fingerprint density at radius 2 is 1.37 bits per heavy atom. The van der Waals surface area contributed by atoms with Gasteiger partial charge in [0.05, 0.1) is 10.7 Å². The number of allylic oxidation sites excluding steroid dienone is 4. The fourth-order valence-electron chi connectivity index (χ4n) is 7.26. The molecule has 3 aromatic carbocycles. The molecule has 3 aliphatic rings. The molecule has 0 atom stereocenters. The van der Waals surface area contributed by atoms with Crippen LogP contribution in [-0.4, -0.2) is 35.5 Å². The summed E-state index contributed by atoms with van der Waals surface area (Å²) in [5, 5.41) is 3.24. The van der Waals surface area contributed by atoms with Gasteiger partial charge in [-0.25, -0.2) is 0 Å². The fourth-order valence-corrected chi connectivity index (χ4v) is 7.44. The van der Waals surface area contributed by atoms with Crippen molar-refractivity contribution in [2.75, 3.05) is 18.5 Å². The largest absolute Gasteiger partial charge is 0.483 e. The molecule has 6 nitrogen and oxygen atoms in total. The van der Waals surface area contributed by atoms with Crippen molar-refractivity contribution in [3.63, 3.8) is 0 Å². The van der Waals surface area contributed by atoms with E-state index in [4.69, 9.17) is 16.3 Å². The van der Waals surface area contributed by atoms with E-state index in [1.54, 1.807) is 24.3 Å². The summed E-state index contributed by atoms with van der Waals surface area (Å²) in [4.78, 5) is 43.7. The van der Waals surface area contributed by atoms with Crippen molar-refractivity contribution in [1.82, 2.24) is 4.90 Å². The molecule has 1 aliphatic heterocycles. The van der Waals surface area contributed by atoms with Crippen LogP contribution in [0.2, 0.25) is 5.02 Å². The first-order valence-corrected chi connectivity index (χ1v) is 16.4. The Kier molecular flexibility index (Phi) is 8.68. The lowest BCUT2D eigenvalue weighted by Crippen LogP contribution is -2.45. The topological polar surface area (TPSA) is 75.7 Å². The molecule has 1 N–H and O–H groups in total. The van der Waals surface area contributed by atoms with E-state index in [9.17, 15) is 14.4 Å². The van der Waals surface area contributed by atoms with E-state index >= 15 is 0 Å². The van der Waals surface area contributed by atoms with E-state index < -0.39 is 5.92 Å². The number of Topliss-reactive ketones (excluding diaryl/α,β-unsaturated/α-hetero) is 2. The van der Waals surface area contributed by atoms with Crippen LogP contribution in [-0.2, 0) is 20.8 Å². The Labute approximate surface area is 276 Å². The molecule has 6 rings (SSSR count). The van der Waals surface area contributed by atoms with Gasteiger partial charge in [-0.15, -0.1) is 0 Å². The third-order valence-corrected chi connectivity index (χ3v) is 9.56. The summed E-state index contributed by atoms with van der Waals surface area (Å²) in [7, 11) is 0. The number of hydrogen-bond acceptors (Lipinski definition) is 5. The predicted octanol–water partition coefficient (Wildman–Crippen LogP) is 8.29. The SMILES string of the molecule is CC1(C)CC(=O)C2=C(C1)N(CCc1ccccc1)C1=C(C(=O)CC(C)(C)C1)C2c1ccccc1OCC(=O)Nc1ccccc1Cl. The van der Waals surface area contributed by atoms with Crippen molar-refractivity contribution in [3.05, 3.63) is 118 Å². The molecule has 2 aliphatic carbocycles. The highest BCUT2D eigenvalue weighted by molar-refractivity contribution is 6.33. The van der Waals surface area contributed by atoms with Gasteiger partial charge in [-0.1, -0.05) is 100.0 Å². The zero-order valence-corrected chi connectivity index (χ0v) is 27.7. The number of amides is 1. The molecule has 0 radical (unpaired) electrons. The summed E-state index contributed by atoms with van der Waals surface area (Å²) >= 11 is 6.24. The van der Waals surface area contributed by atoms with Crippen LogP contribution in [0, 0.1) is 10.8 Å². The number of benzene rings is 3. The summed E-state index contributed by atoms with van der Waals surface area (Å²) in [5.74, 6) is -0.307. The lowest BCUT2D eigenvalue weighted by atomic mass is 9.63. The Hall–Kier alpha value is -4.16. The number of nitrogens with zero attached hydrogens (tertiary/aromatic N) is 1. The second-order valence-corrected chi connectivity index (χ2v) is 14.7. The first kappa shape index (κ1) is 31.8. The van der Waals surface area contributed by atoms with Gasteiger partial charge in [0.25, 0.3) is 5.91 Å². The molecule has 1 heterocycles. The number of carbonyl (C=O) groups excluding carboxylic acids is 3. The van der Waals surface area contributed by atoms with Gasteiger partial charge < -0.3 is 15.0 Å². The lowest BCUT2D eigenvalue weighted by molar-refractivity contribution is -0.120. The van der Waals surface area contributed by atoms with Crippen LogP contribution >= 0.6 is 11.6 Å². The normalized spacial score (nSPS) is 19.1. The van der Waals surface area contributed by atoms with Crippen LogP contribution in [0.3, 0.4) is 0 Å².